The third-order valence-electron chi connectivity index (χ3n) is 2.75. The largest absolute Gasteiger partial charge is 0.310 e. The molecule has 0 saturated carbocycles. The van der Waals surface area contributed by atoms with Gasteiger partial charge in [0.15, 0.2) is 0 Å². The Hall–Kier alpha value is -1.68. The molecule has 4 nitrogen and oxygen atoms in total. The Morgan fingerprint density at radius 1 is 1.19 bits per heavy atom. The lowest BCUT2D eigenvalue weighted by atomic mass is 10.2. The molecule has 0 spiro atoms. The number of amides is 1. The molecule has 1 heterocycles. The van der Waals surface area contributed by atoms with Crippen LogP contribution in [-0.4, -0.2) is 43.8 Å². The second kappa shape index (κ2) is 4.45. The highest BCUT2D eigenvalue weighted by Gasteiger charge is 2.22. The van der Waals surface area contributed by atoms with Gasteiger partial charge >= 0.3 is 0 Å². The van der Waals surface area contributed by atoms with Crippen molar-refractivity contribution >= 4 is 17.9 Å². The molecule has 1 aromatic carbocycles. The van der Waals surface area contributed by atoms with Crippen LogP contribution in [0.4, 0.5) is 5.69 Å². The molecule has 1 aliphatic rings. The van der Waals surface area contributed by atoms with Gasteiger partial charge in [-0.1, -0.05) is 0 Å². The van der Waals surface area contributed by atoms with Crippen molar-refractivity contribution in [2.45, 2.75) is 0 Å². The Labute approximate surface area is 94.5 Å². The van der Waals surface area contributed by atoms with Gasteiger partial charge in [0.2, 0.25) is 5.91 Å². The maximum absolute atomic E-state index is 11.8. The molecule has 1 aromatic rings. The highest BCUT2D eigenvalue weighted by Crippen LogP contribution is 2.17. The second-order valence-corrected chi connectivity index (χ2v) is 3.99. The molecule has 0 aliphatic carbocycles. The lowest BCUT2D eigenvalue weighted by Crippen LogP contribution is -2.48. The first kappa shape index (κ1) is 10.8. The molecular weight excluding hydrogens is 204 g/mol. The molecule has 1 amide bonds. The first-order chi connectivity index (χ1) is 7.70. The second-order valence-electron chi connectivity index (χ2n) is 3.99. The van der Waals surface area contributed by atoms with E-state index in [4.69, 9.17) is 0 Å². The Morgan fingerprint density at radius 2 is 1.88 bits per heavy atom. The van der Waals surface area contributed by atoms with E-state index in [1.807, 2.05) is 24.1 Å². The number of likely N-dealkylation sites (N-methyl/N-ethyl adjacent to an activating group) is 1. The van der Waals surface area contributed by atoms with Crippen LogP contribution in [0.25, 0.3) is 0 Å². The molecule has 1 fully saturated rings. The van der Waals surface area contributed by atoms with Crippen LogP contribution >= 0.6 is 0 Å². The molecule has 4 heteroatoms. The lowest BCUT2D eigenvalue weighted by Gasteiger charge is -2.32. The highest BCUT2D eigenvalue weighted by molar-refractivity contribution is 5.95. The monoisotopic (exact) mass is 218 g/mol. The Kier molecular flexibility index (Phi) is 3.01. The van der Waals surface area contributed by atoms with Gasteiger partial charge in [0, 0.05) is 24.3 Å². The molecule has 1 saturated heterocycles. The summed E-state index contributed by atoms with van der Waals surface area (Å²) in [5, 5.41) is 0. The molecular formula is C12H14N2O2. The molecule has 0 radical (unpaired) electrons. The number of carbonyl (C=O) groups is 2. The van der Waals surface area contributed by atoms with Crippen molar-refractivity contribution in [2.75, 3.05) is 31.6 Å². The minimum atomic E-state index is 0.104. The van der Waals surface area contributed by atoms with Crippen LogP contribution in [0.2, 0.25) is 0 Å². The third-order valence-corrected chi connectivity index (χ3v) is 2.75. The van der Waals surface area contributed by atoms with Crippen LogP contribution in [0.1, 0.15) is 10.4 Å². The van der Waals surface area contributed by atoms with Gasteiger partial charge in [-0.3, -0.25) is 14.5 Å². The minimum Gasteiger partial charge on any atom is -0.310 e. The van der Waals surface area contributed by atoms with Crippen LogP contribution in [0.5, 0.6) is 0 Å². The van der Waals surface area contributed by atoms with Gasteiger partial charge in [-0.25, -0.2) is 0 Å². The molecule has 1 aliphatic heterocycles. The van der Waals surface area contributed by atoms with E-state index in [-0.39, 0.29) is 5.91 Å². The number of anilines is 1. The van der Waals surface area contributed by atoms with Gasteiger partial charge in [-0.2, -0.15) is 0 Å². The number of benzene rings is 1. The number of hydrogen-bond acceptors (Lipinski definition) is 3. The zero-order valence-electron chi connectivity index (χ0n) is 9.22. The number of rotatable bonds is 2. The quantitative estimate of drug-likeness (QED) is 0.689. The zero-order valence-corrected chi connectivity index (χ0v) is 9.22. The number of carbonyl (C=O) groups excluding carboxylic acids is 2. The summed E-state index contributed by atoms with van der Waals surface area (Å²) in [6.07, 6.45) is 0.801. The standard InChI is InChI=1S/C12H14N2O2/c1-13-6-7-14(12(16)8-13)11-4-2-10(9-15)3-5-11/h2-5,9H,6-8H2,1H3. The van der Waals surface area contributed by atoms with Crippen LogP contribution in [0.15, 0.2) is 24.3 Å². The molecule has 0 unspecified atom stereocenters. The summed E-state index contributed by atoms with van der Waals surface area (Å²) in [7, 11) is 1.94. The topological polar surface area (TPSA) is 40.6 Å². The van der Waals surface area contributed by atoms with Crippen molar-refractivity contribution in [3.63, 3.8) is 0 Å². The summed E-state index contributed by atoms with van der Waals surface area (Å²) in [6, 6.07) is 7.09. The number of piperazine rings is 1. The summed E-state index contributed by atoms with van der Waals surface area (Å²) in [5.74, 6) is 0.104. The molecule has 0 N–H and O–H groups in total. The summed E-state index contributed by atoms with van der Waals surface area (Å²) in [6.45, 7) is 2.03. The maximum Gasteiger partial charge on any atom is 0.241 e. The highest BCUT2D eigenvalue weighted by atomic mass is 16.2. The summed E-state index contributed by atoms with van der Waals surface area (Å²) in [4.78, 5) is 26.0. The average molecular weight is 218 g/mol. The fraction of sp³-hybridized carbons (Fsp3) is 0.333. The molecule has 0 bridgehead atoms. The zero-order chi connectivity index (χ0) is 11.5. The Balaban J connectivity index is 2.17. The lowest BCUT2D eigenvalue weighted by molar-refractivity contribution is -0.120. The predicted molar refractivity (Wildman–Crippen MR) is 61.7 cm³/mol. The van der Waals surface area contributed by atoms with Gasteiger partial charge in [-0.05, 0) is 31.3 Å². The Morgan fingerprint density at radius 3 is 2.44 bits per heavy atom. The summed E-state index contributed by atoms with van der Waals surface area (Å²) < 4.78 is 0. The third kappa shape index (κ3) is 2.12. The smallest absolute Gasteiger partial charge is 0.241 e. The number of hydrogen-bond donors (Lipinski definition) is 0. The van der Waals surface area contributed by atoms with Gasteiger partial charge in [0.1, 0.15) is 6.29 Å². The van der Waals surface area contributed by atoms with E-state index in [1.54, 1.807) is 17.0 Å². The van der Waals surface area contributed by atoms with Crippen molar-refractivity contribution in [1.82, 2.24) is 4.90 Å². The first-order valence-electron chi connectivity index (χ1n) is 5.25. The van der Waals surface area contributed by atoms with Crippen molar-refractivity contribution in [3.8, 4) is 0 Å². The molecule has 0 atom stereocenters. The Bertz CT molecular complexity index is 400. The van der Waals surface area contributed by atoms with Gasteiger partial charge < -0.3 is 4.90 Å². The summed E-state index contributed by atoms with van der Waals surface area (Å²) >= 11 is 0. The van der Waals surface area contributed by atoms with Crippen LogP contribution in [0, 0.1) is 0 Å². The van der Waals surface area contributed by atoms with Crippen molar-refractivity contribution in [1.29, 1.82) is 0 Å². The van der Waals surface area contributed by atoms with E-state index >= 15 is 0 Å². The normalized spacial score (nSPS) is 17.6. The molecule has 2 rings (SSSR count). The van der Waals surface area contributed by atoms with Gasteiger partial charge in [0.25, 0.3) is 0 Å². The fourth-order valence-corrected chi connectivity index (χ4v) is 1.80. The van der Waals surface area contributed by atoms with E-state index < -0.39 is 0 Å². The van der Waals surface area contributed by atoms with Crippen LogP contribution in [-0.2, 0) is 4.79 Å². The van der Waals surface area contributed by atoms with Crippen LogP contribution < -0.4 is 4.90 Å². The van der Waals surface area contributed by atoms with Crippen molar-refractivity contribution in [2.24, 2.45) is 0 Å². The van der Waals surface area contributed by atoms with E-state index in [9.17, 15) is 9.59 Å². The molecule has 0 aromatic heterocycles. The van der Waals surface area contributed by atoms with Crippen molar-refractivity contribution in [3.05, 3.63) is 29.8 Å². The number of aldehydes is 1. The van der Waals surface area contributed by atoms with Gasteiger partial charge in [-0.15, -0.1) is 0 Å². The maximum atomic E-state index is 11.8. The van der Waals surface area contributed by atoms with Crippen molar-refractivity contribution < 1.29 is 9.59 Å². The SMILES string of the molecule is CN1CCN(c2ccc(C=O)cc2)C(=O)C1. The van der Waals surface area contributed by atoms with E-state index in [2.05, 4.69) is 0 Å². The molecule has 84 valence electrons. The van der Waals surface area contributed by atoms with E-state index in [1.165, 1.54) is 0 Å². The van der Waals surface area contributed by atoms with E-state index in [0.717, 1.165) is 18.5 Å². The summed E-state index contributed by atoms with van der Waals surface area (Å²) in [5.41, 5.74) is 1.49. The average Bonchev–Trinajstić information content (AvgIpc) is 2.29. The minimum absolute atomic E-state index is 0.104. The predicted octanol–water partition coefficient (Wildman–Crippen LogP) is 0.778. The van der Waals surface area contributed by atoms with E-state index in [0.29, 0.717) is 18.7 Å². The number of nitrogens with zero attached hydrogens (tertiary/aromatic N) is 2. The fourth-order valence-electron chi connectivity index (χ4n) is 1.80. The van der Waals surface area contributed by atoms with Crippen LogP contribution in [0.3, 0.4) is 0 Å². The van der Waals surface area contributed by atoms with Gasteiger partial charge in [0.05, 0.1) is 6.54 Å². The molecule has 16 heavy (non-hydrogen) atoms. The first-order valence-corrected chi connectivity index (χ1v) is 5.25.